The molecule has 2 unspecified atom stereocenters. The SMILES string of the molecule is Cc1ncsc1CN(C)CC1C(N)C(C)(C)OC1(C)C. The number of nitrogens with zero attached hydrogens (tertiary/aromatic N) is 2. The molecular weight excluding hydrogens is 270 g/mol. The number of ether oxygens (including phenoxy) is 1. The normalized spacial score (nSPS) is 28.2. The Labute approximate surface area is 126 Å². The van der Waals surface area contributed by atoms with Crippen molar-refractivity contribution in [2.24, 2.45) is 11.7 Å². The van der Waals surface area contributed by atoms with Gasteiger partial charge in [0.1, 0.15) is 0 Å². The molecule has 1 aliphatic rings. The van der Waals surface area contributed by atoms with E-state index < -0.39 is 0 Å². The molecule has 0 aliphatic carbocycles. The Morgan fingerprint density at radius 1 is 1.35 bits per heavy atom. The maximum Gasteiger partial charge on any atom is 0.0798 e. The zero-order chi connectivity index (χ0) is 15.1. The van der Waals surface area contributed by atoms with Crippen molar-refractivity contribution in [1.29, 1.82) is 0 Å². The second-order valence-corrected chi connectivity index (χ2v) is 7.94. The van der Waals surface area contributed by atoms with Crippen LogP contribution in [0.4, 0.5) is 0 Å². The lowest BCUT2D eigenvalue weighted by Gasteiger charge is -2.31. The molecule has 1 aliphatic heterocycles. The van der Waals surface area contributed by atoms with Crippen molar-refractivity contribution in [3.63, 3.8) is 0 Å². The fourth-order valence-electron chi connectivity index (χ4n) is 3.20. The number of hydrogen-bond acceptors (Lipinski definition) is 5. The molecule has 2 atom stereocenters. The van der Waals surface area contributed by atoms with Crippen LogP contribution in [0, 0.1) is 12.8 Å². The van der Waals surface area contributed by atoms with Crippen LogP contribution in [0.15, 0.2) is 5.51 Å². The lowest BCUT2D eigenvalue weighted by Crippen LogP contribution is -2.47. The molecule has 0 spiro atoms. The Kier molecular flexibility index (Phi) is 4.27. The van der Waals surface area contributed by atoms with Gasteiger partial charge in [0.15, 0.2) is 0 Å². The molecule has 5 heteroatoms. The van der Waals surface area contributed by atoms with Crippen molar-refractivity contribution < 1.29 is 4.74 Å². The Morgan fingerprint density at radius 3 is 2.45 bits per heavy atom. The maximum atomic E-state index is 6.42. The van der Waals surface area contributed by atoms with Gasteiger partial charge in [-0.2, -0.15) is 0 Å². The third-order valence-corrected chi connectivity index (χ3v) is 5.34. The Balaban J connectivity index is 2.04. The molecule has 2 rings (SSSR count). The van der Waals surface area contributed by atoms with Crippen LogP contribution in [0.5, 0.6) is 0 Å². The predicted octanol–water partition coefficient (Wildman–Crippen LogP) is 2.41. The van der Waals surface area contributed by atoms with E-state index in [2.05, 4.69) is 51.6 Å². The van der Waals surface area contributed by atoms with Gasteiger partial charge in [-0.1, -0.05) is 0 Å². The summed E-state index contributed by atoms with van der Waals surface area (Å²) >= 11 is 1.72. The molecule has 114 valence electrons. The first-order valence-corrected chi connectivity index (χ1v) is 8.05. The Hall–Kier alpha value is -0.490. The number of nitrogens with two attached hydrogens (primary N) is 1. The van der Waals surface area contributed by atoms with E-state index in [1.807, 2.05) is 5.51 Å². The van der Waals surface area contributed by atoms with Crippen LogP contribution in [-0.4, -0.2) is 40.7 Å². The van der Waals surface area contributed by atoms with Gasteiger partial charge in [-0.25, -0.2) is 4.98 Å². The fraction of sp³-hybridized carbons (Fsp3) is 0.800. The van der Waals surface area contributed by atoms with Gasteiger partial charge in [-0.3, -0.25) is 0 Å². The summed E-state index contributed by atoms with van der Waals surface area (Å²) in [6.45, 7) is 12.4. The van der Waals surface area contributed by atoms with Crippen molar-refractivity contribution in [2.75, 3.05) is 13.6 Å². The largest absolute Gasteiger partial charge is 0.368 e. The smallest absolute Gasteiger partial charge is 0.0798 e. The van der Waals surface area contributed by atoms with E-state index in [4.69, 9.17) is 10.5 Å². The van der Waals surface area contributed by atoms with Crippen LogP contribution in [0.25, 0.3) is 0 Å². The van der Waals surface area contributed by atoms with Crippen LogP contribution in [-0.2, 0) is 11.3 Å². The molecule has 20 heavy (non-hydrogen) atoms. The summed E-state index contributed by atoms with van der Waals surface area (Å²) in [6.07, 6.45) is 0. The molecule has 0 amide bonds. The van der Waals surface area contributed by atoms with Crippen molar-refractivity contribution in [3.05, 3.63) is 16.1 Å². The third-order valence-electron chi connectivity index (χ3n) is 4.42. The lowest BCUT2D eigenvalue weighted by atomic mass is 9.83. The minimum absolute atomic E-state index is 0.0579. The average Bonchev–Trinajstić information content (AvgIpc) is 2.74. The standard InChI is InChI=1S/C15H27N3OS/c1-10-12(20-9-17-10)8-18(6)7-11-13(16)15(4,5)19-14(11,2)3/h9,11,13H,7-8,16H2,1-6H3. The van der Waals surface area contributed by atoms with E-state index in [0.717, 1.165) is 18.8 Å². The minimum atomic E-state index is -0.255. The van der Waals surface area contributed by atoms with E-state index in [0.29, 0.717) is 5.92 Å². The van der Waals surface area contributed by atoms with Gasteiger partial charge in [0.25, 0.3) is 0 Å². The molecule has 1 aromatic heterocycles. The number of aryl methyl sites for hydroxylation is 1. The lowest BCUT2D eigenvalue weighted by molar-refractivity contribution is -0.0781. The second-order valence-electron chi connectivity index (χ2n) is 7.00. The third kappa shape index (κ3) is 3.06. The quantitative estimate of drug-likeness (QED) is 0.927. The van der Waals surface area contributed by atoms with Crippen LogP contribution in [0.1, 0.15) is 38.3 Å². The molecule has 1 saturated heterocycles. The predicted molar refractivity (Wildman–Crippen MR) is 83.9 cm³/mol. The highest BCUT2D eigenvalue weighted by Gasteiger charge is 2.52. The van der Waals surface area contributed by atoms with E-state index in [1.54, 1.807) is 11.3 Å². The van der Waals surface area contributed by atoms with Gasteiger partial charge in [-0.05, 0) is 41.7 Å². The highest BCUT2D eigenvalue weighted by Crippen LogP contribution is 2.41. The van der Waals surface area contributed by atoms with Crippen LogP contribution < -0.4 is 5.73 Å². The highest BCUT2D eigenvalue weighted by molar-refractivity contribution is 7.09. The Bertz CT molecular complexity index is 469. The fourth-order valence-corrected chi connectivity index (χ4v) is 4.05. The molecule has 0 saturated carbocycles. The van der Waals surface area contributed by atoms with Gasteiger partial charge in [0.2, 0.25) is 0 Å². The number of hydrogen-bond donors (Lipinski definition) is 1. The van der Waals surface area contributed by atoms with Crippen LogP contribution in [0.3, 0.4) is 0 Å². The zero-order valence-electron chi connectivity index (χ0n) is 13.4. The van der Waals surface area contributed by atoms with Gasteiger partial charge < -0.3 is 15.4 Å². The molecule has 0 bridgehead atoms. The van der Waals surface area contributed by atoms with E-state index >= 15 is 0 Å². The van der Waals surface area contributed by atoms with E-state index in [1.165, 1.54) is 4.88 Å². The second kappa shape index (κ2) is 5.37. The minimum Gasteiger partial charge on any atom is -0.368 e. The van der Waals surface area contributed by atoms with Crippen molar-refractivity contribution >= 4 is 11.3 Å². The Morgan fingerprint density at radius 2 is 2.00 bits per heavy atom. The maximum absolute atomic E-state index is 6.42. The first-order valence-electron chi connectivity index (χ1n) is 7.17. The molecule has 0 radical (unpaired) electrons. The molecule has 1 aromatic rings. The van der Waals surface area contributed by atoms with Crippen molar-refractivity contribution in [2.45, 2.75) is 58.4 Å². The van der Waals surface area contributed by atoms with Gasteiger partial charge in [-0.15, -0.1) is 11.3 Å². The van der Waals surface area contributed by atoms with Crippen LogP contribution in [0.2, 0.25) is 0 Å². The monoisotopic (exact) mass is 297 g/mol. The molecule has 1 fully saturated rings. The average molecular weight is 297 g/mol. The summed E-state index contributed by atoms with van der Waals surface area (Å²) < 4.78 is 6.16. The summed E-state index contributed by atoms with van der Waals surface area (Å²) in [6, 6.07) is 0.0579. The zero-order valence-corrected chi connectivity index (χ0v) is 14.3. The number of thiazole rings is 1. The molecule has 2 N–H and O–H groups in total. The summed E-state index contributed by atoms with van der Waals surface area (Å²) in [5.41, 5.74) is 9.03. The first kappa shape index (κ1) is 15.9. The van der Waals surface area contributed by atoms with E-state index in [-0.39, 0.29) is 17.2 Å². The van der Waals surface area contributed by atoms with Gasteiger partial charge >= 0.3 is 0 Å². The summed E-state index contributed by atoms with van der Waals surface area (Å²) in [5.74, 6) is 0.329. The summed E-state index contributed by atoms with van der Waals surface area (Å²) in [5, 5.41) is 0. The van der Waals surface area contributed by atoms with Gasteiger partial charge in [0.05, 0.1) is 22.4 Å². The van der Waals surface area contributed by atoms with Crippen molar-refractivity contribution in [3.8, 4) is 0 Å². The highest BCUT2D eigenvalue weighted by atomic mass is 32.1. The number of aromatic nitrogens is 1. The molecule has 2 heterocycles. The van der Waals surface area contributed by atoms with E-state index in [9.17, 15) is 0 Å². The topological polar surface area (TPSA) is 51.4 Å². The van der Waals surface area contributed by atoms with Crippen LogP contribution >= 0.6 is 11.3 Å². The summed E-state index contributed by atoms with van der Waals surface area (Å²) in [7, 11) is 2.15. The molecule has 0 aromatic carbocycles. The first-order chi connectivity index (χ1) is 9.13. The van der Waals surface area contributed by atoms with Gasteiger partial charge in [0, 0.05) is 29.9 Å². The van der Waals surface area contributed by atoms with Crippen molar-refractivity contribution in [1.82, 2.24) is 9.88 Å². The molecule has 4 nitrogen and oxygen atoms in total. The summed E-state index contributed by atoms with van der Waals surface area (Å²) in [4.78, 5) is 7.97. The number of rotatable bonds is 4. The molecular formula is C15H27N3OS.